The van der Waals surface area contributed by atoms with Crippen molar-refractivity contribution in [2.24, 2.45) is 0 Å². The van der Waals surface area contributed by atoms with Gasteiger partial charge in [-0.3, -0.25) is 10.00 Å². The molecule has 1 aliphatic heterocycles. The second kappa shape index (κ2) is 8.40. The lowest BCUT2D eigenvalue weighted by atomic mass is 9.95. The van der Waals surface area contributed by atoms with Crippen molar-refractivity contribution in [2.75, 3.05) is 13.1 Å². The molecule has 1 fully saturated rings. The molecular weight excluding hydrogens is 458 g/mol. The summed E-state index contributed by atoms with van der Waals surface area (Å²) in [5.41, 5.74) is 5.65. The summed E-state index contributed by atoms with van der Waals surface area (Å²) >= 11 is 1.83. The van der Waals surface area contributed by atoms with E-state index in [4.69, 9.17) is 0 Å². The van der Waals surface area contributed by atoms with Crippen molar-refractivity contribution in [3.05, 3.63) is 77.1 Å². The molecule has 1 atom stereocenters. The van der Waals surface area contributed by atoms with Gasteiger partial charge in [-0.15, -0.1) is 16.4 Å². The van der Waals surface area contributed by atoms with Gasteiger partial charge in [-0.05, 0) is 61.2 Å². The number of benzene rings is 1. The molecule has 0 spiro atoms. The molecule has 0 bridgehead atoms. The van der Waals surface area contributed by atoms with Gasteiger partial charge in [0.2, 0.25) is 0 Å². The summed E-state index contributed by atoms with van der Waals surface area (Å²) in [5, 5.41) is 24.2. The predicted molar refractivity (Wildman–Crippen MR) is 135 cm³/mol. The van der Waals surface area contributed by atoms with Crippen molar-refractivity contribution < 1.29 is 0 Å². The number of pyridine rings is 1. The van der Waals surface area contributed by atoms with Gasteiger partial charge in [-0.2, -0.15) is 10.2 Å². The number of nitrogens with one attached hydrogen (secondary N) is 1. The Morgan fingerprint density at radius 3 is 3.06 bits per heavy atom. The van der Waals surface area contributed by atoms with Crippen LogP contribution in [0.25, 0.3) is 33.5 Å². The van der Waals surface area contributed by atoms with E-state index in [1.165, 1.54) is 11.3 Å². The van der Waals surface area contributed by atoms with E-state index in [1.54, 1.807) is 10.8 Å². The number of rotatable bonds is 5. The first-order valence-electron chi connectivity index (χ1n) is 11.8. The SMILES string of the molecule is c1csc(CN2CCC[C@@H](c3cn(-c4ccc5[nH]nc(-c6ccc7ncnn7c6)c5c4)nn3)C2)c1. The minimum atomic E-state index is 0.403. The number of aromatic nitrogens is 8. The van der Waals surface area contributed by atoms with Gasteiger partial charge in [-0.25, -0.2) is 14.2 Å². The van der Waals surface area contributed by atoms with Crippen LogP contribution in [-0.2, 0) is 6.54 Å². The molecule has 1 saturated heterocycles. The number of likely N-dealkylation sites (tertiary alicyclic amines) is 1. The van der Waals surface area contributed by atoms with E-state index in [1.807, 2.05) is 46.5 Å². The van der Waals surface area contributed by atoms with Crippen molar-refractivity contribution in [1.29, 1.82) is 0 Å². The Morgan fingerprint density at radius 2 is 2.11 bits per heavy atom. The van der Waals surface area contributed by atoms with E-state index in [0.29, 0.717) is 5.92 Å². The first-order valence-corrected chi connectivity index (χ1v) is 12.6. The Kier molecular flexibility index (Phi) is 4.92. The second-order valence-electron chi connectivity index (χ2n) is 9.02. The zero-order chi connectivity index (χ0) is 23.2. The Hall–Kier alpha value is -3.89. The van der Waals surface area contributed by atoms with Crippen LogP contribution < -0.4 is 0 Å². The third-order valence-electron chi connectivity index (χ3n) is 6.75. The molecule has 0 unspecified atom stereocenters. The molecular formula is C25H23N9S. The van der Waals surface area contributed by atoms with E-state index in [9.17, 15) is 0 Å². The zero-order valence-corrected chi connectivity index (χ0v) is 19.8. The van der Waals surface area contributed by atoms with Crippen LogP contribution in [0.4, 0.5) is 0 Å². The normalized spacial score (nSPS) is 17.0. The highest BCUT2D eigenvalue weighted by Crippen LogP contribution is 2.30. The second-order valence-corrected chi connectivity index (χ2v) is 10.1. The minimum absolute atomic E-state index is 0.403. The van der Waals surface area contributed by atoms with Crippen LogP contribution >= 0.6 is 11.3 Å². The Bertz CT molecular complexity index is 1610. The highest BCUT2D eigenvalue weighted by molar-refractivity contribution is 7.09. The van der Waals surface area contributed by atoms with E-state index < -0.39 is 0 Å². The van der Waals surface area contributed by atoms with E-state index in [0.717, 1.165) is 65.2 Å². The molecule has 5 aromatic heterocycles. The number of H-pyrrole nitrogens is 1. The standard InChI is InChI=1S/C25H23N9S/c1-3-17(12-32(9-1)14-20-4-2-10-35-20)23-15-33(31-29-23)19-6-7-22-21(11-19)25(30-28-22)18-5-8-24-26-16-27-34(24)13-18/h2,4-8,10-11,13,15-17H,1,3,9,12,14H2,(H,28,30)/t17-/m1/s1. The van der Waals surface area contributed by atoms with Crippen molar-refractivity contribution in [3.63, 3.8) is 0 Å². The molecule has 1 aliphatic rings. The maximum Gasteiger partial charge on any atom is 0.155 e. The zero-order valence-electron chi connectivity index (χ0n) is 18.9. The Morgan fingerprint density at radius 1 is 1.11 bits per heavy atom. The lowest BCUT2D eigenvalue weighted by Crippen LogP contribution is -2.33. The summed E-state index contributed by atoms with van der Waals surface area (Å²) in [6, 6.07) is 14.5. The highest BCUT2D eigenvalue weighted by Gasteiger charge is 2.24. The molecule has 1 N–H and O–H groups in total. The molecule has 0 saturated carbocycles. The van der Waals surface area contributed by atoms with Crippen LogP contribution in [0.5, 0.6) is 0 Å². The number of hydrogen-bond donors (Lipinski definition) is 1. The Balaban J connectivity index is 1.16. The molecule has 0 radical (unpaired) electrons. The van der Waals surface area contributed by atoms with E-state index in [2.05, 4.69) is 65.3 Å². The van der Waals surface area contributed by atoms with Crippen molar-refractivity contribution in [3.8, 4) is 16.9 Å². The fourth-order valence-electron chi connectivity index (χ4n) is 4.97. The van der Waals surface area contributed by atoms with Gasteiger partial charge in [0, 0.05) is 41.0 Å². The van der Waals surface area contributed by atoms with Crippen LogP contribution in [0.2, 0.25) is 0 Å². The number of aromatic amines is 1. The third kappa shape index (κ3) is 3.80. The van der Waals surface area contributed by atoms with Gasteiger partial charge in [0.15, 0.2) is 5.65 Å². The summed E-state index contributed by atoms with van der Waals surface area (Å²) in [5.74, 6) is 0.403. The summed E-state index contributed by atoms with van der Waals surface area (Å²) < 4.78 is 3.64. The molecule has 174 valence electrons. The summed E-state index contributed by atoms with van der Waals surface area (Å²) in [7, 11) is 0. The quantitative estimate of drug-likeness (QED) is 0.395. The maximum atomic E-state index is 4.57. The van der Waals surface area contributed by atoms with Gasteiger partial charge < -0.3 is 0 Å². The number of fused-ring (bicyclic) bond motifs is 2. The van der Waals surface area contributed by atoms with Gasteiger partial charge >= 0.3 is 0 Å². The molecule has 0 amide bonds. The molecule has 35 heavy (non-hydrogen) atoms. The molecule has 7 rings (SSSR count). The van der Waals surface area contributed by atoms with E-state index >= 15 is 0 Å². The minimum Gasteiger partial charge on any atom is -0.298 e. The van der Waals surface area contributed by atoms with Crippen molar-refractivity contribution in [1.82, 2.24) is 44.7 Å². The van der Waals surface area contributed by atoms with Gasteiger partial charge in [0.1, 0.15) is 12.0 Å². The Labute approximate surface area is 205 Å². The van der Waals surface area contributed by atoms with Crippen LogP contribution in [0, 0.1) is 0 Å². The molecule has 6 aromatic rings. The molecule has 1 aromatic carbocycles. The lowest BCUT2D eigenvalue weighted by Gasteiger charge is -2.31. The third-order valence-corrected chi connectivity index (χ3v) is 7.61. The molecule has 9 nitrogen and oxygen atoms in total. The number of piperidine rings is 1. The first-order chi connectivity index (χ1) is 17.3. The largest absolute Gasteiger partial charge is 0.298 e. The number of hydrogen-bond acceptors (Lipinski definition) is 7. The van der Waals surface area contributed by atoms with Crippen molar-refractivity contribution >= 4 is 27.9 Å². The average Bonchev–Trinajstić information content (AvgIpc) is 3.70. The average molecular weight is 482 g/mol. The smallest absolute Gasteiger partial charge is 0.155 e. The molecule has 6 heterocycles. The van der Waals surface area contributed by atoms with Crippen LogP contribution in [0.15, 0.2) is 66.6 Å². The predicted octanol–water partition coefficient (Wildman–Crippen LogP) is 4.29. The fourth-order valence-corrected chi connectivity index (χ4v) is 5.72. The summed E-state index contributed by atoms with van der Waals surface area (Å²) in [4.78, 5) is 8.18. The van der Waals surface area contributed by atoms with Crippen molar-refractivity contribution in [2.45, 2.75) is 25.3 Å². The maximum absolute atomic E-state index is 4.57. The summed E-state index contributed by atoms with van der Waals surface area (Å²) in [6.07, 6.45) is 7.92. The summed E-state index contributed by atoms with van der Waals surface area (Å²) in [6.45, 7) is 3.18. The highest BCUT2D eigenvalue weighted by atomic mass is 32.1. The topological polar surface area (TPSA) is 92.8 Å². The van der Waals surface area contributed by atoms with E-state index in [-0.39, 0.29) is 0 Å². The van der Waals surface area contributed by atoms with Gasteiger partial charge in [0.25, 0.3) is 0 Å². The van der Waals surface area contributed by atoms with Gasteiger partial charge in [0.05, 0.1) is 23.1 Å². The van der Waals surface area contributed by atoms with Crippen LogP contribution in [-0.4, -0.2) is 57.8 Å². The van der Waals surface area contributed by atoms with Crippen LogP contribution in [0.3, 0.4) is 0 Å². The lowest BCUT2D eigenvalue weighted by molar-refractivity contribution is 0.200. The van der Waals surface area contributed by atoms with Crippen LogP contribution in [0.1, 0.15) is 29.3 Å². The first kappa shape index (κ1) is 20.5. The number of thiophene rings is 1. The number of nitrogens with zero attached hydrogens (tertiary/aromatic N) is 8. The monoisotopic (exact) mass is 481 g/mol. The molecule has 0 aliphatic carbocycles. The van der Waals surface area contributed by atoms with Gasteiger partial charge in [-0.1, -0.05) is 11.3 Å². The molecule has 10 heteroatoms. The fraction of sp³-hybridized carbons (Fsp3) is 0.240.